The molecule has 9 heteroatoms. The molecule has 0 spiro atoms. The van der Waals surface area contributed by atoms with Gasteiger partial charge in [-0.2, -0.15) is 4.39 Å². The molecule has 2 N–H and O–H groups in total. The Morgan fingerprint density at radius 3 is 2.47 bits per heavy atom. The lowest BCUT2D eigenvalue weighted by molar-refractivity contribution is -0.386. The zero-order chi connectivity index (χ0) is 14.3. The number of benzene rings is 1. The van der Waals surface area contributed by atoms with Crippen LogP contribution in [0.15, 0.2) is 21.7 Å². The van der Waals surface area contributed by atoms with Gasteiger partial charge in [0, 0.05) is 12.1 Å². The molecule has 0 saturated heterocycles. The summed E-state index contributed by atoms with van der Waals surface area (Å²) < 4.78 is 26.6. The van der Waals surface area contributed by atoms with Crippen molar-refractivity contribution in [3.63, 3.8) is 0 Å². The third-order valence-electron chi connectivity index (χ3n) is 2.37. The van der Waals surface area contributed by atoms with E-state index in [2.05, 4.69) is 0 Å². The van der Waals surface area contributed by atoms with E-state index in [0.29, 0.717) is 12.1 Å². The van der Waals surface area contributed by atoms with Crippen molar-refractivity contribution in [2.24, 2.45) is 0 Å². The second-order valence-electron chi connectivity index (χ2n) is 3.55. The highest BCUT2D eigenvalue weighted by Gasteiger charge is 2.25. The van der Waals surface area contributed by atoms with E-state index in [1.54, 1.807) is 0 Å². The lowest BCUT2D eigenvalue weighted by Gasteiger charge is -1.98. The topological polar surface area (TPSA) is 113 Å². The molecular weight excluding hydrogens is 266 g/mol. The van der Waals surface area contributed by atoms with Gasteiger partial charge < -0.3 is 10.1 Å². The van der Waals surface area contributed by atoms with Crippen LogP contribution in [0.5, 0.6) is 5.75 Å². The molecule has 7 nitrogen and oxygen atoms in total. The number of nitrogens with zero attached hydrogens (tertiary/aromatic N) is 1. The van der Waals surface area contributed by atoms with Gasteiger partial charge in [0.15, 0.2) is 17.0 Å². The molecule has 0 aliphatic heterocycles. The van der Waals surface area contributed by atoms with Crippen molar-refractivity contribution >= 4 is 16.6 Å². The molecule has 19 heavy (non-hydrogen) atoms. The van der Waals surface area contributed by atoms with Crippen LogP contribution in [0.4, 0.5) is 14.5 Å². The average Bonchev–Trinajstić information content (AvgIpc) is 2.40. The minimum Gasteiger partial charge on any atom is -0.503 e. The number of nitro benzene ring substituents is 1. The van der Waals surface area contributed by atoms with Crippen molar-refractivity contribution < 1.29 is 18.8 Å². The van der Waals surface area contributed by atoms with E-state index in [1.807, 2.05) is 4.98 Å². The summed E-state index contributed by atoms with van der Waals surface area (Å²) >= 11 is 0. The summed E-state index contributed by atoms with van der Waals surface area (Å²) in [6.07, 6.45) is 0. The van der Waals surface area contributed by atoms with Crippen molar-refractivity contribution in [2.45, 2.75) is 0 Å². The molecular formula is C10H4F2N2O5. The third-order valence-corrected chi connectivity index (χ3v) is 2.37. The van der Waals surface area contributed by atoms with E-state index in [9.17, 15) is 28.5 Å². The van der Waals surface area contributed by atoms with Crippen LogP contribution in [-0.4, -0.2) is 15.0 Å². The van der Waals surface area contributed by atoms with Crippen molar-refractivity contribution in [3.05, 3.63) is 54.5 Å². The Morgan fingerprint density at radius 1 is 1.26 bits per heavy atom. The minimum absolute atomic E-state index is 0.394. The molecule has 0 aliphatic carbocycles. The minimum atomic E-state index is -1.82. The number of aromatic hydroxyl groups is 1. The van der Waals surface area contributed by atoms with Gasteiger partial charge in [0.05, 0.1) is 10.4 Å². The van der Waals surface area contributed by atoms with Crippen LogP contribution >= 0.6 is 0 Å². The molecule has 0 saturated carbocycles. The zero-order valence-corrected chi connectivity index (χ0v) is 8.94. The number of rotatable bonds is 1. The number of hydrogen-bond acceptors (Lipinski definition) is 5. The van der Waals surface area contributed by atoms with Crippen LogP contribution in [0.1, 0.15) is 0 Å². The Kier molecular flexibility index (Phi) is 2.74. The smallest absolute Gasteiger partial charge is 0.321 e. The SMILES string of the molecule is O=c1[nH]c2cc(F)c(F)c([N+](=O)[O-])c2c(=O)cc1O. The Labute approximate surface area is 101 Å². The molecule has 0 unspecified atom stereocenters. The molecule has 2 aromatic rings. The van der Waals surface area contributed by atoms with Gasteiger partial charge >= 0.3 is 5.69 Å². The van der Waals surface area contributed by atoms with E-state index in [4.69, 9.17) is 5.11 Å². The van der Waals surface area contributed by atoms with E-state index in [0.717, 1.165) is 0 Å². The maximum absolute atomic E-state index is 13.4. The van der Waals surface area contributed by atoms with Crippen molar-refractivity contribution in [1.82, 2.24) is 4.98 Å². The van der Waals surface area contributed by atoms with Crippen LogP contribution in [0.3, 0.4) is 0 Å². The van der Waals surface area contributed by atoms with Crippen molar-refractivity contribution in [1.29, 1.82) is 0 Å². The largest absolute Gasteiger partial charge is 0.503 e. The zero-order valence-electron chi connectivity index (χ0n) is 8.94. The highest BCUT2D eigenvalue weighted by molar-refractivity contribution is 5.87. The van der Waals surface area contributed by atoms with E-state index in [-0.39, 0.29) is 0 Å². The molecule has 0 amide bonds. The summed E-state index contributed by atoms with van der Waals surface area (Å²) in [6.45, 7) is 0. The summed E-state index contributed by atoms with van der Waals surface area (Å²) in [5.74, 6) is -4.43. The lowest BCUT2D eigenvalue weighted by Crippen LogP contribution is -2.05. The van der Waals surface area contributed by atoms with Crippen LogP contribution in [0.2, 0.25) is 0 Å². The van der Waals surface area contributed by atoms with Crippen LogP contribution in [-0.2, 0) is 0 Å². The van der Waals surface area contributed by atoms with Gasteiger partial charge in [0.2, 0.25) is 5.82 Å². The van der Waals surface area contributed by atoms with Gasteiger partial charge in [0.25, 0.3) is 5.56 Å². The number of nitro groups is 1. The first-order chi connectivity index (χ1) is 8.82. The Hall–Kier alpha value is -2.84. The molecule has 0 atom stereocenters. The first-order valence-corrected chi connectivity index (χ1v) is 4.75. The number of aromatic amines is 1. The highest BCUT2D eigenvalue weighted by atomic mass is 19.2. The average molecular weight is 270 g/mol. The van der Waals surface area contributed by atoms with Crippen molar-refractivity contribution in [2.75, 3.05) is 0 Å². The van der Waals surface area contributed by atoms with Gasteiger partial charge in [-0.05, 0) is 0 Å². The predicted octanol–water partition coefficient (Wildman–Crippen LogP) is 0.780. The lowest BCUT2D eigenvalue weighted by atomic mass is 10.2. The standard InChI is InChI=1S/C10H4F2N2O5/c11-3-1-4-7(9(8(3)12)14(18)19)5(15)2-6(16)10(17)13-4/h1-2,16H,(H,13,17). The summed E-state index contributed by atoms with van der Waals surface area (Å²) in [7, 11) is 0. The van der Waals surface area contributed by atoms with Gasteiger partial charge in [-0.25, -0.2) is 4.39 Å². The monoisotopic (exact) mass is 270 g/mol. The second kappa shape index (κ2) is 4.12. The first kappa shape index (κ1) is 12.6. The number of aromatic nitrogens is 1. The van der Waals surface area contributed by atoms with Crippen LogP contribution < -0.4 is 11.0 Å². The van der Waals surface area contributed by atoms with Crippen LogP contribution in [0, 0.1) is 21.7 Å². The van der Waals surface area contributed by atoms with Gasteiger partial charge in [-0.15, -0.1) is 0 Å². The number of fused-ring (bicyclic) bond motifs is 1. The molecule has 0 bridgehead atoms. The molecule has 98 valence electrons. The van der Waals surface area contributed by atoms with E-state index >= 15 is 0 Å². The molecule has 1 heterocycles. The van der Waals surface area contributed by atoms with Gasteiger partial charge in [-0.1, -0.05) is 0 Å². The maximum atomic E-state index is 13.4. The Balaban J connectivity index is 3.23. The molecule has 0 aliphatic rings. The number of halogens is 2. The Morgan fingerprint density at radius 2 is 1.89 bits per heavy atom. The summed E-state index contributed by atoms with van der Waals surface area (Å²) in [6, 6.07) is 0.825. The van der Waals surface area contributed by atoms with Gasteiger partial charge in [0.1, 0.15) is 5.39 Å². The molecule has 1 aromatic carbocycles. The fourth-order valence-corrected chi connectivity index (χ4v) is 1.58. The number of H-pyrrole nitrogens is 1. The van der Waals surface area contributed by atoms with Gasteiger partial charge in [-0.3, -0.25) is 19.7 Å². The van der Waals surface area contributed by atoms with E-state index in [1.165, 1.54) is 0 Å². The number of hydrogen-bond donors (Lipinski definition) is 2. The van der Waals surface area contributed by atoms with Crippen molar-refractivity contribution in [3.8, 4) is 5.75 Å². The summed E-state index contributed by atoms with van der Waals surface area (Å²) in [5.41, 5.74) is -4.32. The fraction of sp³-hybridized carbons (Fsp3) is 0. The first-order valence-electron chi connectivity index (χ1n) is 4.75. The fourth-order valence-electron chi connectivity index (χ4n) is 1.58. The maximum Gasteiger partial charge on any atom is 0.321 e. The molecule has 1 aromatic heterocycles. The molecule has 0 radical (unpaired) electrons. The quantitative estimate of drug-likeness (QED) is 0.587. The summed E-state index contributed by atoms with van der Waals surface area (Å²) in [5, 5.41) is 19.0. The van der Waals surface area contributed by atoms with E-state index < -0.39 is 49.9 Å². The third kappa shape index (κ3) is 1.90. The molecule has 2 rings (SSSR count). The van der Waals surface area contributed by atoms with Crippen LogP contribution in [0.25, 0.3) is 10.9 Å². The summed E-state index contributed by atoms with van der Waals surface area (Å²) in [4.78, 5) is 34.2. The second-order valence-corrected chi connectivity index (χ2v) is 3.55. The molecule has 0 fully saturated rings. The highest BCUT2D eigenvalue weighted by Crippen LogP contribution is 2.26. The number of nitrogens with one attached hydrogen (secondary N) is 1. The Bertz CT molecular complexity index is 831. The predicted molar refractivity (Wildman–Crippen MR) is 59.1 cm³/mol. The normalized spacial score (nSPS) is 10.6.